The van der Waals surface area contributed by atoms with E-state index in [9.17, 15) is 18.3 Å². The van der Waals surface area contributed by atoms with Crippen LogP contribution < -0.4 is 0 Å². The standard InChI is InChI=1S/C24H23NO4S/c1-17-12-14-20(15-13-17)30(28,29)25-22(26)16-21(18-8-4-2-5-9-18)23(25)24(27)19-10-6-3-7-11-19/h2-15,21,23-24,27H,16H2,1H3/t21-,23+,24+/m1/s1. The Hall–Kier alpha value is -2.96. The van der Waals surface area contributed by atoms with Gasteiger partial charge in [-0.1, -0.05) is 78.4 Å². The van der Waals surface area contributed by atoms with E-state index >= 15 is 0 Å². The Balaban J connectivity index is 1.83. The van der Waals surface area contributed by atoms with Crippen molar-refractivity contribution in [2.75, 3.05) is 0 Å². The maximum absolute atomic E-state index is 13.5. The molecule has 0 unspecified atom stereocenters. The molecule has 1 amide bonds. The van der Waals surface area contributed by atoms with Crippen LogP contribution in [0.5, 0.6) is 0 Å². The molecule has 0 aromatic heterocycles. The number of rotatable bonds is 5. The van der Waals surface area contributed by atoms with E-state index in [1.807, 2.05) is 43.3 Å². The Morgan fingerprint density at radius 1 is 0.900 bits per heavy atom. The number of aliphatic hydroxyl groups is 1. The molecule has 3 aromatic carbocycles. The van der Waals surface area contributed by atoms with Gasteiger partial charge in [-0.25, -0.2) is 12.7 Å². The van der Waals surface area contributed by atoms with Crippen LogP contribution in [0.25, 0.3) is 0 Å². The smallest absolute Gasteiger partial charge is 0.266 e. The maximum Gasteiger partial charge on any atom is 0.266 e. The van der Waals surface area contributed by atoms with Crippen molar-refractivity contribution in [1.82, 2.24) is 4.31 Å². The van der Waals surface area contributed by atoms with Crippen LogP contribution in [0.1, 0.15) is 35.1 Å². The van der Waals surface area contributed by atoms with Crippen LogP contribution in [0, 0.1) is 6.92 Å². The molecule has 1 aliphatic heterocycles. The predicted molar refractivity (Wildman–Crippen MR) is 114 cm³/mol. The lowest BCUT2D eigenvalue weighted by atomic mass is 9.86. The minimum Gasteiger partial charge on any atom is -0.386 e. The number of carbonyl (C=O) groups excluding carboxylic acids is 1. The fourth-order valence-electron chi connectivity index (χ4n) is 4.06. The van der Waals surface area contributed by atoms with Gasteiger partial charge in [0, 0.05) is 12.3 Å². The third kappa shape index (κ3) is 3.64. The van der Waals surface area contributed by atoms with Gasteiger partial charge in [0.25, 0.3) is 10.0 Å². The molecule has 3 atom stereocenters. The van der Waals surface area contributed by atoms with Crippen molar-refractivity contribution in [3.8, 4) is 0 Å². The summed E-state index contributed by atoms with van der Waals surface area (Å²) in [6.07, 6.45) is -1.13. The Bertz CT molecular complexity index is 1130. The normalized spacial score (nSPS) is 20.3. The molecule has 1 N–H and O–H groups in total. The molecule has 4 rings (SSSR count). The molecule has 5 nitrogen and oxygen atoms in total. The third-order valence-electron chi connectivity index (χ3n) is 5.59. The fraction of sp³-hybridized carbons (Fsp3) is 0.208. The molecular weight excluding hydrogens is 398 g/mol. The number of sulfonamides is 1. The highest BCUT2D eigenvalue weighted by Gasteiger charge is 2.50. The minimum atomic E-state index is -4.12. The van der Waals surface area contributed by atoms with Crippen LogP contribution in [0.2, 0.25) is 0 Å². The van der Waals surface area contributed by atoms with Crippen molar-refractivity contribution in [3.63, 3.8) is 0 Å². The first-order valence-electron chi connectivity index (χ1n) is 9.81. The van der Waals surface area contributed by atoms with Gasteiger partial charge in [-0.2, -0.15) is 0 Å². The minimum absolute atomic E-state index is 0.0175. The number of hydrogen-bond donors (Lipinski definition) is 1. The van der Waals surface area contributed by atoms with Crippen molar-refractivity contribution in [3.05, 3.63) is 102 Å². The maximum atomic E-state index is 13.5. The highest BCUT2D eigenvalue weighted by Crippen LogP contribution is 2.43. The van der Waals surface area contributed by atoms with E-state index in [0.717, 1.165) is 15.4 Å². The molecule has 0 bridgehead atoms. The van der Waals surface area contributed by atoms with Gasteiger partial charge in [-0.3, -0.25) is 4.79 Å². The molecule has 6 heteroatoms. The lowest BCUT2D eigenvalue weighted by Gasteiger charge is -2.32. The number of nitrogens with zero attached hydrogens (tertiary/aromatic N) is 1. The molecule has 154 valence electrons. The fourth-order valence-corrected chi connectivity index (χ4v) is 5.69. The van der Waals surface area contributed by atoms with Crippen molar-refractivity contribution in [1.29, 1.82) is 0 Å². The summed E-state index contributed by atoms with van der Waals surface area (Å²) in [5.41, 5.74) is 2.32. The van der Waals surface area contributed by atoms with Gasteiger partial charge >= 0.3 is 0 Å². The molecule has 0 aliphatic carbocycles. The number of amides is 1. The van der Waals surface area contributed by atoms with E-state index in [0.29, 0.717) is 5.56 Å². The average molecular weight is 422 g/mol. The Kier molecular flexibility index (Phi) is 5.45. The Morgan fingerprint density at radius 3 is 2.07 bits per heavy atom. The van der Waals surface area contributed by atoms with Gasteiger partial charge < -0.3 is 5.11 Å². The van der Waals surface area contributed by atoms with Gasteiger partial charge in [0.2, 0.25) is 5.91 Å². The Morgan fingerprint density at radius 2 is 1.47 bits per heavy atom. The van der Waals surface area contributed by atoms with Crippen LogP contribution >= 0.6 is 0 Å². The molecule has 1 saturated heterocycles. The predicted octanol–water partition coefficient (Wildman–Crippen LogP) is 3.80. The zero-order valence-electron chi connectivity index (χ0n) is 16.5. The van der Waals surface area contributed by atoms with Gasteiger partial charge in [0.1, 0.15) is 6.10 Å². The molecule has 0 saturated carbocycles. The monoisotopic (exact) mass is 421 g/mol. The molecule has 1 fully saturated rings. The van der Waals surface area contributed by atoms with Gasteiger partial charge in [0.15, 0.2) is 0 Å². The lowest BCUT2D eigenvalue weighted by Crippen LogP contribution is -2.43. The summed E-state index contributed by atoms with van der Waals surface area (Å²) >= 11 is 0. The van der Waals surface area contributed by atoms with Crippen LogP contribution in [-0.4, -0.2) is 29.8 Å². The van der Waals surface area contributed by atoms with Crippen LogP contribution in [0.15, 0.2) is 89.8 Å². The largest absolute Gasteiger partial charge is 0.386 e. The summed E-state index contributed by atoms with van der Waals surface area (Å²) in [4.78, 5) is 13.1. The van der Waals surface area contributed by atoms with Crippen molar-refractivity contribution >= 4 is 15.9 Å². The third-order valence-corrected chi connectivity index (χ3v) is 7.43. The van der Waals surface area contributed by atoms with Crippen molar-refractivity contribution in [2.45, 2.75) is 36.3 Å². The first-order valence-corrected chi connectivity index (χ1v) is 11.3. The van der Waals surface area contributed by atoms with E-state index < -0.39 is 34.0 Å². The topological polar surface area (TPSA) is 74.7 Å². The molecular formula is C24H23NO4S. The zero-order chi connectivity index (χ0) is 21.3. The SMILES string of the molecule is Cc1ccc(S(=O)(=O)N2C(=O)C[C@H](c3ccccc3)[C@H]2[C@@H](O)c2ccccc2)cc1. The second kappa shape index (κ2) is 8.05. The second-order valence-electron chi connectivity index (χ2n) is 7.58. The van der Waals surface area contributed by atoms with Crippen molar-refractivity contribution < 1.29 is 18.3 Å². The second-order valence-corrected chi connectivity index (χ2v) is 9.39. The Labute approximate surface area is 176 Å². The van der Waals surface area contributed by atoms with Crippen LogP contribution in [-0.2, 0) is 14.8 Å². The van der Waals surface area contributed by atoms with Crippen molar-refractivity contribution in [2.24, 2.45) is 0 Å². The summed E-state index contributed by atoms with van der Waals surface area (Å²) in [6.45, 7) is 1.87. The summed E-state index contributed by atoms with van der Waals surface area (Å²) in [6, 6.07) is 23.6. The molecule has 0 spiro atoms. The molecule has 3 aromatic rings. The molecule has 30 heavy (non-hydrogen) atoms. The van der Waals surface area contributed by atoms with Crippen LogP contribution in [0.3, 0.4) is 0 Å². The summed E-state index contributed by atoms with van der Waals surface area (Å²) in [5, 5.41) is 11.2. The quantitative estimate of drug-likeness (QED) is 0.680. The van der Waals surface area contributed by atoms with Crippen LogP contribution in [0.4, 0.5) is 0 Å². The van der Waals surface area contributed by atoms with E-state index in [1.165, 1.54) is 12.1 Å². The van der Waals surface area contributed by atoms with Gasteiger partial charge in [-0.05, 0) is 30.2 Å². The van der Waals surface area contributed by atoms with Gasteiger partial charge in [0.05, 0.1) is 10.9 Å². The molecule has 0 radical (unpaired) electrons. The molecule has 1 heterocycles. The lowest BCUT2D eigenvalue weighted by molar-refractivity contribution is -0.125. The van der Waals surface area contributed by atoms with E-state index in [1.54, 1.807) is 36.4 Å². The number of hydrogen-bond acceptors (Lipinski definition) is 4. The number of aryl methyl sites for hydroxylation is 1. The highest BCUT2D eigenvalue weighted by atomic mass is 32.2. The highest BCUT2D eigenvalue weighted by molar-refractivity contribution is 7.89. The summed E-state index contributed by atoms with van der Waals surface area (Å²) in [5.74, 6) is -0.960. The van der Waals surface area contributed by atoms with E-state index in [-0.39, 0.29) is 11.3 Å². The van der Waals surface area contributed by atoms with E-state index in [2.05, 4.69) is 0 Å². The molecule has 1 aliphatic rings. The number of benzene rings is 3. The first-order chi connectivity index (χ1) is 14.4. The average Bonchev–Trinajstić information content (AvgIpc) is 3.12. The van der Waals surface area contributed by atoms with Gasteiger partial charge in [-0.15, -0.1) is 0 Å². The first kappa shape index (κ1) is 20.3. The van der Waals surface area contributed by atoms with E-state index in [4.69, 9.17) is 0 Å². The summed E-state index contributed by atoms with van der Waals surface area (Å²) in [7, 11) is -4.12. The zero-order valence-corrected chi connectivity index (χ0v) is 17.4. The number of carbonyl (C=O) groups is 1. The number of aliphatic hydroxyl groups excluding tert-OH is 1. The summed E-state index contributed by atoms with van der Waals surface area (Å²) < 4.78 is 27.8.